The minimum atomic E-state index is -0.645. The highest BCUT2D eigenvalue weighted by Crippen LogP contribution is 2.21. The molecule has 2 amide bonds. The Balaban J connectivity index is 1.55. The minimum Gasteiger partial charge on any atom is -0.361 e. The van der Waals surface area contributed by atoms with Crippen LogP contribution in [0.1, 0.15) is 28.8 Å². The quantitative estimate of drug-likeness (QED) is 0.612. The Morgan fingerprint density at radius 1 is 1.11 bits per heavy atom. The van der Waals surface area contributed by atoms with Crippen molar-refractivity contribution in [3.05, 3.63) is 70.9 Å². The average molecular weight is 382 g/mol. The lowest BCUT2D eigenvalue weighted by atomic mass is 10.0. The molecule has 1 heterocycles. The van der Waals surface area contributed by atoms with Crippen LogP contribution in [-0.2, 0) is 11.2 Å². The highest BCUT2D eigenvalue weighted by atomic mass is 35.5. The number of benzene rings is 2. The standard InChI is InChI=1S/C21H20ClN3O2/c22-15-7-5-13(6-8-15)20(26)25-19(21(27)24-16-9-10-16)11-14-12-23-18-4-2-1-3-17(14)18/h1-8,12,16,19,23H,9-11H2,(H,24,27)(H,25,26)/t19-/m0/s1. The van der Waals surface area contributed by atoms with Crippen molar-refractivity contribution >= 4 is 34.3 Å². The van der Waals surface area contributed by atoms with E-state index in [9.17, 15) is 9.59 Å². The molecule has 1 saturated carbocycles. The van der Waals surface area contributed by atoms with Gasteiger partial charge < -0.3 is 15.6 Å². The number of rotatable bonds is 6. The lowest BCUT2D eigenvalue weighted by molar-refractivity contribution is -0.123. The zero-order chi connectivity index (χ0) is 18.8. The summed E-state index contributed by atoms with van der Waals surface area (Å²) in [6.45, 7) is 0. The molecule has 3 aromatic rings. The van der Waals surface area contributed by atoms with Crippen molar-refractivity contribution in [3.8, 4) is 0 Å². The van der Waals surface area contributed by atoms with E-state index in [2.05, 4.69) is 15.6 Å². The van der Waals surface area contributed by atoms with Crippen LogP contribution in [0.15, 0.2) is 54.7 Å². The number of para-hydroxylation sites is 1. The third-order valence-electron chi connectivity index (χ3n) is 4.75. The monoisotopic (exact) mass is 381 g/mol. The first-order chi connectivity index (χ1) is 13.1. The Hall–Kier alpha value is -2.79. The highest BCUT2D eigenvalue weighted by Gasteiger charge is 2.29. The van der Waals surface area contributed by atoms with Crippen molar-refractivity contribution in [2.45, 2.75) is 31.3 Å². The third kappa shape index (κ3) is 4.14. The molecule has 4 rings (SSSR count). The molecule has 0 aliphatic heterocycles. The van der Waals surface area contributed by atoms with Gasteiger partial charge in [0.2, 0.25) is 5.91 Å². The number of hydrogen-bond acceptors (Lipinski definition) is 2. The molecule has 0 radical (unpaired) electrons. The maximum absolute atomic E-state index is 12.7. The Morgan fingerprint density at radius 3 is 2.59 bits per heavy atom. The number of halogens is 1. The average Bonchev–Trinajstić information content (AvgIpc) is 3.40. The molecule has 1 atom stereocenters. The van der Waals surface area contributed by atoms with Crippen LogP contribution in [0.5, 0.6) is 0 Å². The van der Waals surface area contributed by atoms with Gasteiger partial charge >= 0.3 is 0 Å². The number of aromatic nitrogens is 1. The van der Waals surface area contributed by atoms with Crippen molar-refractivity contribution in [2.75, 3.05) is 0 Å². The molecule has 0 saturated heterocycles. The summed E-state index contributed by atoms with van der Waals surface area (Å²) in [7, 11) is 0. The van der Waals surface area contributed by atoms with Gasteiger partial charge in [0.05, 0.1) is 0 Å². The summed E-state index contributed by atoms with van der Waals surface area (Å²) in [5, 5.41) is 7.50. The van der Waals surface area contributed by atoms with E-state index in [1.807, 2.05) is 30.5 Å². The molecule has 1 fully saturated rings. The van der Waals surface area contributed by atoms with E-state index >= 15 is 0 Å². The molecule has 3 N–H and O–H groups in total. The van der Waals surface area contributed by atoms with E-state index in [0.29, 0.717) is 17.0 Å². The van der Waals surface area contributed by atoms with Crippen molar-refractivity contribution in [3.63, 3.8) is 0 Å². The van der Waals surface area contributed by atoms with Gasteiger partial charge in [-0.1, -0.05) is 29.8 Å². The van der Waals surface area contributed by atoms with Gasteiger partial charge in [0.15, 0.2) is 0 Å². The molecule has 1 aliphatic carbocycles. The van der Waals surface area contributed by atoms with E-state index in [-0.39, 0.29) is 17.9 Å². The minimum absolute atomic E-state index is 0.148. The molecular weight excluding hydrogens is 362 g/mol. The first-order valence-corrected chi connectivity index (χ1v) is 9.40. The van der Waals surface area contributed by atoms with Crippen LogP contribution >= 0.6 is 11.6 Å². The van der Waals surface area contributed by atoms with Gasteiger partial charge in [-0.15, -0.1) is 0 Å². The van der Waals surface area contributed by atoms with Gasteiger partial charge in [-0.3, -0.25) is 9.59 Å². The first-order valence-electron chi connectivity index (χ1n) is 9.02. The molecule has 1 aromatic heterocycles. The van der Waals surface area contributed by atoms with E-state index in [0.717, 1.165) is 29.3 Å². The predicted molar refractivity (Wildman–Crippen MR) is 106 cm³/mol. The Labute approximate surface area is 162 Å². The fourth-order valence-corrected chi connectivity index (χ4v) is 3.23. The molecule has 0 bridgehead atoms. The van der Waals surface area contributed by atoms with Gasteiger partial charge in [0.25, 0.3) is 5.91 Å². The second-order valence-electron chi connectivity index (χ2n) is 6.88. The molecular formula is C21H20ClN3O2. The molecule has 5 nitrogen and oxygen atoms in total. The lowest BCUT2D eigenvalue weighted by Crippen LogP contribution is -2.48. The largest absolute Gasteiger partial charge is 0.361 e. The molecule has 27 heavy (non-hydrogen) atoms. The number of carbonyl (C=O) groups excluding carboxylic acids is 2. The van der Waals surface area contributed by atoms with Gasteiger partial charge in [0.1, 0.15) is 6.04 Å². The van der Waals surface area contributed by atoms with E-state index in [1.165, 1.54) is 0 Å². The molecule has 1 aliphatic rings. The number of hydrogen-bond donors (Lipinski definition) is 3. The van der Waals surface area contributed by atoms with Crippen molar-refractivity contribution in [2.24, 2.45) is 0 Å². The Kier molecular flexibility index (Phi) is 4.86. The first kappa shape index (κ1) is 17.6. The number of carbonyl (C=O) groups is 2. The van der Waals surface area contributed by atoms with Crippen LogP contribution in [0, 0.1) is 0 Å². The number of aromatic amines is 1. The van der Waals surface area contributed by atoms with Gasteiger partial charge in [-0.05, 0) is 48.7 Å². The van der Waals surface area contributed by atoms with Gasteiger partial charge in [0, 0.05) is 40.1 Å². The maximum Gasteiger partial charge on any atom is 0.251 e. The smallest absolute Gasteiger partial charge is 0.251 e. The highest BCUT2D eigenvalue weighted by molar-refractivity contribution is 6.30. The molecule has 0 spiro atoms. The number of nitrogens with one attached hydrogen (secondary N) is 3. The van der Waals surface area contributed by atoms with Crippen LogP contribution in [0.2, 0.25) is 5.02 Å². The van der Waals surface area contributed by atoms with E-state index in [1.54, 1.807) is 24.3 Å². The normalized spacial score (nSPS) is 14.7. The van der Waals surface area contributed by atoms with Gasteiger partial charge in [-0.25, -0.2) is 0 Å². The third-order valence-corrected chi connectivity index (χ3v) is 5.00. The predicted octanol–water partition coefficient (Wildman–Crippen LogP) is 3.44. The summed E-state index contributed by atoms with van der Waals surface area (Å²) in [5.41, 5.74) is 2.48. The number of H-pyrrole nitrogens is 1. The summed E-state index contributed by atoms with van der Waals surface area (Å²) in [6.07, 6.45) is 4.31. The molecule has 6 heteroatoms. The Bertz CT molecular complexity index is 977. The van der Waals surface area contributed by atoms with Crippen LogP contribution < -0.4 is 10.6 Å². The molecule has 138 valence electrons. The van der Waals surface area contributed by atoms with Gasteiger partial charge in [-0.2, -0.15) is 0 Å². The topological polar surface area (TPSA) is 74.0 Å². The fraction of sp³-hybridized carbons (Fsp3) is 0.238. The van der Waals surface area contributed by atoms with E-state index in [4.69, 9.17) is 11.6 Å². The Morgan fingerprint density at radius 2 is 1.85 bits per heavy atom. The second kappa shape index (κ2) is 7.45. The maximum atomic E-state index is 12.7. The van der Waals surface area contributed by atoms with Crippen molar-refractivity contribution in [1.82, 2.24) is 15.6 Å². The van der Waals surface area contributed by atoms with Crippen LogP contribution in [0.25, 0.3) is 10.9 Å². The van der Waals surface area contributed by atoms with Crippen molar-refractivity contribution in [1.29, 1.82) is 0 Å². The zero-order valence-electron chi connectivity index (χ0n) is 14.7. The zero-order valence-corrected chi connectivity index (χ0v) is 15.4. The van der Waals surface area contributed by atoms with Crippen molar-refractivity contribution < 1.29 is 9.59 Å². The van der Waals surface area contributed by atoms with E-state index < -0.39 is 6.04 Å². The summed E-state index contributed by atoms with van der Waals surface area (Å²) in [5.74, 6) is -0.437. The summed E-state index contributed by atoms with van der Waals surface area (Å²) >= 11 is 5.89. The van der Waals surface area contributed by atoms with Crippen LogP contribution in [0.3, 0.4) is 0 Å². The second-order valence-corrected chi connectivity index (χ2v) is 7.32. The summed E-state index contributed by atoms with van der Waals surface area (Å²) in [4.78, 5) is 28.6. The van der Waals surface area contributed by atoms with Crippen LogP contribution in [0.4, 0.5) is 0 Å². The lowest BCUT2D eigenvalue weighted by Gasteiger charge is -2.18. The van der Waals surface area contributed by atoms with Crippen LogP contribution in [-0.4, -0.2) is 28.9 Å². The summed E-state index contributed by atoms with van der Waals surface area (Å²) < 4.78 is 0. The fourth-order valence-electron chi connectivity index (χ4n) is 3.10. The summed E-state index contributed by atoms with van der Waals surface area (Å²) in [6, 6.07) is 14.1. The SMILES string of the molecule is O=C(N[C@@H](Cc1c[nH]c2ccccc12)C(=O)NC1CC1)c1ccc(Cl)cc1. The number of fused-ring (bicyclic) bond motifs is 1. The molecule has 0 unspecified atom stereocenters. The number of amides is 2. The molecule has 2 aromatic carbocycles.